The fourth-order valence-electron chi connectivity index (χ4n) is 2.75. The Morgan fingerprint density at radius 3 is 2.44 bits per heavy atom. The quantitative estimate of drug-likeness (QED) is 0.878. The molecule has 1 heterocycles. The van der Waals surface area contributed by atoms with E-state index in [0.29, 0.717) is 35.3 Å². The third-order valence-corrected chi connectivity index (χ3v) is 6.13. The second kappa shape index (κ2) is 6.52. The highest BCUT2D eigenvalue weighted by Crippen LogP contribution is 2.35. The lowest BCUT2D eigenvalue weighted by Crippen LogP contribution is -2.41. The van der Waals surface area contributed by atoms with E-state index in [0.717, 1.165) is 5.56 Å². The number of hydrogen-bond acceptors (Lipinski definition) is 4. The maximum absolute atomic E-state index is 12.9. The van der Waals surface area contributed by atoms with E-state index in [1.165, 1.54) is 6.07 Å². The van der Waals surface area contributed by atoms with Crippen molar-refractivity contribution in [3.63, 3.8) is 0 Å². The second-order valence-electron chi connectivity index (χ2n) is 6.50. The van der Waals surface area contributed by atoms with Crippen molar-refractivity contribution in [3.8, 4) is 11.5 Å². The van der Waals surface area contributed by atoms with Gasteiger partial charge in [-0.15, -0.1) is 0 Å². The molecular formula is C18H20ClNO4S. The standard InChI is InChI=1S/C18H20ClNO4S/c1-12-4-6-14(19)11-17(12)25(21,22)20-18(2,3)13-5-7-15-16(10-13)24-9-8-23-15/h4-7,10-11,20H,8-9H2,1-3H3. The molecule has 0 saturated heterocycles. The molecule has 0 atom stereocenters. The van der Waals surface area contributed by atoms with E-state index in [1.54, 1.807) is 39.0 Å². The average Bonchev–Trinajstić information content (AvgIpc) is 2.55. The van der Waals surface area contributed by atoms with Crippen LogP contribution in [0.2, 0.25) is 5.02 Å². The highest BCUT2D eigenvalue weighted by Gasteiger charge is 2.30. The van der Waals surface area contributed by atoms with Crippen LogP contribution in [0.5, 0.6) is 11.5 Å². The normalized spacial score (nSPS) is 14.4. The molecule has 0 saturated carbocycles. The zero-order valence-electron chi connectivity index (χ0n) is 14.3. The summed E-state index contributed by atoms with van der Waals surface area (Å²) < 4.78 is 39.6. The van der Waals surface area contributed by atoms with Gasteiger partial charge in [0.1, 0.15) is 13.2 Å². The Labute approximate surface area is 153 Å². The second-order valence-corrected chi connectivity index (χ2v) is 8.59. The van der Waals surface area contributed by atoms with Gasteiger partial charge in [0, 0.05) is 5.02 Å². The van der Waals surface area contributed by atoms with Crippen LogP contribution in [0.4, 0.5) is 0 Å². The van der Waals surface area contributed by atoms with Crippen LogP contribution in [0.3, 0.4) is 0 Å². The number of aryl methyl sites for hydroxylation is 1. The summed E-state index contributed by atoms with van der Waals surface area (Å²) in [5, 5.41) is 0.378. The van der Waals surface area contributed by atoms with Crippen molar-refractivity contribution in [1.29, 1.82) is 0 Å². The first kappa shape index (κ1) is 18.0. The van der Waals surface area contributed by atoms with Crippen LogP contribution < -0.4 is 14.2 Å². The van der Waals surface area contributed by atoms with Gasteiger partial charge in [0.15, 0.2) is 11.5 Å². The van der Waals surface area contributed by atoms with Crippen molar-refractivity contribution >= 4 is 21.6 Å². The molecule has 134 valence electrons. The highest BCUT2D eigenvalue weighted by molar-refractivity contribution is 7.89. The Kier molecular flexibility index (Phi) is 4.70. The van der Waals surface area contributed by atoms with Crippen LogP contribution in [0, 0.1) is 6.92 Å². The van der Waals surface area contributed by atoms with Crippen LogP contribution in [0.1, 0.15) is 25.0 Å². The van der Waals surface area contributed by atoms with Gasteiger partial charge in [-0.1, -0.05) is 23.7 Å². The Morgan fingerprint density at radius 2 is 1.72 bits per heavy atom. The molecule has 0 aliphatic carbocycles. The monoisotopic (exact) mass is 381 g/mol. The van der Waals surface area contributed by atoms with E-state index in [-0.39, 0.29) is 4.90 Å². The summed E-state index contributed by atoms with van der Waals surface area (Å²) in [4.78, 5) is 0.172. The van der Waals surface area contributed by atoms with E-state index in [1.807, 2.05) is 12.1 Å². The molecule has 2 aromatic carbocycles. The molecule has 2 aromatic rings. The van der Waals surface area contributed by atoms with Crippen molar-refractivity contribution < 1.29 is 17.9 Å². The first-order valence-electron chi connectivity index (χ1n) is 7.89. The number of benzene rings is 2. The molecule has 0 aromatic heterocycles. The summed E-state index contributed by atoms with van der Waals surface area (Å²) in [6.07, 6.45) is 0. The van der Waals surface area contributed by atoms with Crippen LogP contribution >= 0.6 is 11.6 Å². The van der Waals surface area contributed by atoms with E-state index in [2.05, 4.69) is 4.72 Å². The SMILES string of the molecule is Cc1ccc(Cl)cc1S(=O)(=O)NC(C)(C)c1ccc2c(c1)OCCO2. The molecule has 0 amide bonds. The van der Waals surface area contributed by atoms with Gasteiger partial charge >= 0.3 is 0 Å². The number of rotatable bonds is 4. The van der Waals surface area contributed by atoms with Crippen molar-refractivity contribution in [2.45, 2.75) is 31.2 Å². The highest BCUT2D eigenvalue weighted by atomic mass is 35.5. The van der Waals surface area contributed by atoms with Gasteiger partial charge in [0.25, 0.3) is 0 Å². The Morgan fingerprint density at radius 1 is 1.04 bits per heavy atom. The summed E-state index contributed by atoms with van der Waals surface area (Å²) >= 11 is 5.97. The van der Waals surface area contributed by atoms with E-state index in [4.69, 9.17) is 21.1 Å². The smallest absolute Gasteiger partial charge is 0.241 e. The molecule has 0 spiro atoms. The van der Waals surface area contributed by atoms with Crippen LogP contribution in [-0.2, 0) is 15.6 Å². The molecule has 5 nitrogen and oxygen atoms in total. The van der Waals surface area contributed by atoms with Crippen LogP contribution in [-0.4, -0.2) is 21.6 Å². The van der Waals surface area contributed by atoms with Gasteiger partial charge < -0.3 is 9.47 Å². The molecule has 1 aliphatic rings. The van der Waals surface area contributed by atoms with Gasteiger partial charge in [0.2, 0.25) is 10.0 Å². The largest absolute Gasteiger partial charge is 0.486 e. The summed E-state index contributed by atoms with van der Waals surface area (Å²) in [5.74, 6) is 1.29. The van der Waals surface area contributed by atoms with E-state index >= 15 is 0 Å². The van der Waals surface area contributed by atoms with Gasteiger partial charge in [0.05, 0.1) is 10.4 Å². The van der Waals surface area contributed by atoms with E-state index < -0.39 is 15.6 Å². The Balaban J connectivity index is 1.94. The van der Waals surface area contributed by atoms with Gasteiger partial charge in [-0.25, -0.2) is 13.1 Å². The fraction of sp³-hybridized carbons (Fsp3) is 0.333. The van der Waals surface area contributed by atoms with Crippen LogP contribution in [0.15, 0.2) is 41.3 Å². The third kappa shape index (κ3) is 3.76. The predicted molar refractivity (Wildman–Crippen MR) is 97.0 cm³/mol. The number of fused-ring (bicyclic) bond motifs is 1. The summed E-state index contributed by atoms with van der Waals surface area (Å²) in [5.41, 5.74) is 0.568. The molecule has 0 bridgehead atoms. The van der Waals surface area contributed by atoms with Crippen molar-refractivity contribution in [2.24, 2.45) is 0 Å². The molecule has 3 rings (SSSR count). The van der Waals surface area contributed by atoms with Crippen molar-refractivity contribution in [1.82, 2.24) is 4.72 Å². The topological polar surface area (TPSA) is 64.6 Å². The number of nitrogens with one attached hydrogen (secondary N) is 1. The molecule has 25 heavy (non-hydrogen) atoms. The minimum atomic E-state index is -3.75. The van der Waals surface area contributed by atoms with E-state index in [9.17, 15) is 8.42 Å². The first-order valence-corrected chi connectivity index (χ1v) is 9.75. The molecule has 0 fully saturated rings. The molecule has 7 heteroatoms. The van der Waals surface area contributed by atoms with Gasteiger partial charge in [-0.3, -0.25) is 0 Å². The molecular weight excluding hydrogens is 362 g/mol. The summed E-state index contributed by atoms with van der Waals surface area (Å²) in [6, 6.07) is 10.3. The number of ether oxygens (including phenoxy) is 2. The summed E-state index contributed by atoms with van der Waals surface area (Å²) in [7, 11) is -3.75. The number of halogens is 1. The predicted octanol–water partition coefficient (Wildman–Crippen LogP) is 3.63. The third-order valence-electron chi connectivity index (χ3n) is 4.09. The fourth-order valence-corrected chi connectivity index (χ4v) is 4.66. The Bertz CT molecular complexity index is 909. The zero-order valence-corrected chi connectivity index (χ0v) is 15.9. The Hall–Kier alpha value is -1.76. The average molecular weight is 382 g/mol. The molecule has 0 radical (unpaired) electrons. The summed E-state index contributed by atoms with van der Waals surface area (Å²) in [6.45, 7) is 6.33. The zero-order chi connectivity index (χ0) is 18.2. The lowest BCUT2D eigenvalue weighted by Gasteiger charge is -2.28. The maximum Gasteiger partial charge on any atom is 0.241 e. The van der Waals surface area contributed by atoms with Crippen molar-refractivity contribution in [3.05, 3.63) is 52.5 Å². The minimum absolute atomic E-state index is 0.172. The van der Waals surface area contributed by atoms with Crippen LogP contribution in [0.25, 0.3) is 0 Å². The maximum atomic E-state index is 12.9. The van der Waals surface area contributed by atoms with Gasteiger partial charge in [-0.2, -0.15) is 0 Å². The lowest BCUT2D eigenvalue weighted by atomic mass is 9.95. The number of sulfonamides is 1. The molecule has 1 aliphatic heterocycles. The van der Waals surface area contributed by atoms with Crippen molar-refractivity contribution in [2.75, 3.05) is 13.2 Å². The first-order chi connectivity index (χ1) is 11.7. The molecule has 0 unspecified atom stereocenters. The molecule has 1 N–H and O–H groups in total. The lowest BCUT2D eigenvalue weighted by molar-refractivity contribution is 0.171. The van der Waals surface area contributed by atoms with Gasteiger partial charge in [-0.05, 0) is 56.2 Å². The minimum Gasteiger partial charge on any atom is -0.486 e. The number of hydrogen-bond donors (Lipinski definition) is 1.